The lowest BCUT2D eigenvalue weighted by Gasteiger charge is -2.10. The van der Waals surface area contributed by atoms with Gasteiger partial charge in [-0.3, -0.25) is 4.98 Å². The standard InChI is InChI=1S/C11H6Cl4N2/c12-5-3-8(16)11(17-4-5)9-6(13)1-2-7(14)10(9)15/h1-4H,16H2. The Bertz CT molecular complexity index is 584. The average Bonchev–Trinajstić information content (AvgIpc) is 2.27. The zero-order valence-corrected chi connectivity index (χ0v) is 11.4. The number of nitrogens with two attached hydrogens (primary N) is 1. The Labute approximate surface area is 118 Å². The molecule has 1 aromatic heterocycles. The second-order valence-corrected chi connectivity index (χ2v) is 4.94. The highest BCUT2D eigenvalue weighted by atomic mass is 35.5. The number of hydrogen-bond acceptors (Lipinski definition) is 2. The lowest BCUT2D eigenvalue weighted by Crippen LogP contribution is -1.95. The van der Waals surface area contributed by atoms with Crippen molar-refractivity contribution in [1.29, 1.82) is 0 Å². The smallest absolute Gasteiger partial charge is 0.0962 e. The molecular formula is C11H6Cl4N2. The molecule has 0 radical (unpaired) electrons. The van der Waals surface area contributed by atoms with Crippen molar-refractivity contribution in [2.45, 2.75) is 0 Å². The van der Waals surface area contributed by atoms with E-state index >= 15 is 0 Å². The van der Waals surface area contributed by atoms with Crippen LogP contribution in [0.3, 0.4) is 0 Å². The summed E-state index contributed by atoms with van der Waals surface area (Å²) in [5.74, 6) is 0. The van der Waals surface area contributed by atoms with Crippen LogP contribution in [0, 0.1) is 0 Å². The zero-order valence-electron chi connectivity index (χ0n) is 8.35. The van der Waals surface area contributed by atoms with Gasteiger partial charge in [-0.25, -0.2) is 0 Å². The Balaban J connectivity index is 2.72. The molecule has 1 aromatic carbocycles. The fraction of sp³-hybridized carbons (Fsp3) is 0. The monoisotopic (exact) mass is 306 g/mol. The SMILES string of the molecule is Nc1cc(Cl)cnc1-c1c(Cl)ccc(Cl)c1Cl. The third kappa shape index (κ3) is 2.45. The van der Waals surface area contributed by atoms with Gasteiger partial charge in [-0.15, -0.1) is 0 Å². The summed E-state index contributed by atoms with van der Waals surface area (Å²) in [4.78, 5) is 4.13. The van der Waals surface area contributed by atoms with Gasteiger partial charge in [0.1, 0.15) is 0 Å². The number of anilines is 1. The highest BCUT2D eigenvalue weighted by molar-refractivity contribution is 6.46. The molecule has 2 nitrogen and oxygen atoms in total. The molecule has 2 aromatic rings. The van der Waals surface area contributed by atoms with Crippen LogP contribution in [-0.4, -0.2) is 4.98 Å². The van der Waals surface area contributed by atoms with Crippen LogP contribution >= 0.6 is 46.4 Å². The topological polar surface area (TPSA) is 38.9 Å². The number of rotatable bonds is 1. The van der Waals surface area contributed by atoms with Gasteiger partial charge in [0.2, 0.25) is 0 Å². The predicted octanol–water partition coefficient (Wildman–Crippen LogP) is 4.94. The van der Waals surface area contributed by atoms with Crippen molar-refractivity contribution in [1.82, 2.24) is 4.98 Å². The van der Waals surface area contributed by atoms with Crippen molar-refractivity contribution in [3.05, 3.63) is 44.5 Å². The normalized spacial score (nSPS) is 10.6. The van der Waals surface area contributed by atoms with Crippen LogP contribution in [0.15, 0.2) is 24.4 Å². The first-order valence-electron chi connectivity index (χ1n) is 4.55. The molecule has 0 spiro atoms. The molecule has 0 unspecified atom stereocenters. The molecule has 0 saturated carbocycles. The molecule has 88 valence electrons. The molecule has 0 aliphatic rings. The molecule has 2 N–H and O–H groups in total. The number of pyridine rings is 1. The Morgan fingerprint density at radius 2 is 1.65 bits per heavy atom. The third-order valence-corrected chi connectivity index (χ3v) is 3.49. The maximum Gasteiger partial charge on any atom is 0.0962 e. The first kappa shape index (κ1) is 12.8. The van der Waals surface area contributed by atoms with E-state index < -0.39 is 0 Å². The maximum atomic E-state index is 6.10. The van der Waals surface area contributed by atoms with E-state index in [0.29, 0.717) is 37.0 Å². The average molecular weight is 308 g/mol. The minimum Gasteiger partial charge on any atom is -0.397 e. The van der Waals surface area contributed by atoms with Crippen LogP contribution in [0.25, 0.3) is 11.3 Å². The summed E-state index contributed by atoms with van der Waals surface area (Å²) < 4.78 is 0. The molecule has 0 amide bonds. The molecule has 17 heavy (non-hydrogen) atoms. The maximum absolute atomic E-state index is 6.10. The van der Waals surface area contributed by atoms with Gasteiger partial charge >= 0.3 is 0 Å². The van der Waals surface area contributed by atoms with Crippen LogP contribution in [0.2, 0.25) is 20.1 Å². The van der Waals surface area contributed by atoms with Crippen LogP contribution in [0.4, 0.5) is 5.69 Å². The molecule has 0 saturated heterocycles. The summed E-state index contributed by atoms with van der Waals surface area (Å²) in [7, 11) is 0. The summed E-state index contributed by atoms with van der Waals surface area (Å²) >= 11 is 23.9. The van der Waals surface area contributed by atoms with Crippen molar-refractivity contribution < 1.29 is 0 Å². The van der Waals surface area contributed by atoms with E-state index in [9.17, 15) is 0 Å². The molecule has 2 rings (SSSR count). The highest BCUT2D eigenvalue weighted by Crippen LogP contribution is 2.40. The molecule has 0 atom stereocenters. The highest BCUT2D eigenvalue weighted by Gasteiger charge is 2.15. The number of halogens is 4. The summed E-state index contributed by atoms with van der Waals surface area (Å²) in [6.45, 7) is 0. The minimum atomic E-state index is 0.320. The fourth-order valence-electron chi connectivity index (χ4n) is 1.41. The Hall–Kier alpha value is -0.670. The molecule has 0 fully saturated rings. The molecule has 0 aliphatic heterocycles. The number of benzene rings is 1. The summed E-state index contributed by atoms with van der Waals surface area (Å²) in [6, 6.07) is 4.83. The van der Waals surface area contributed by atoms with Crippen LogP contribution < -0.4 is 5.73 Å². The van der Waals surface area contributed by atoms with Crippen molar-refractivity contribution in [3.63, 3.8) is 0 Å². The number of nitrogen functional groups attached to an aromatic ring is 1. The Kier molecular flexibility index (Phi) is 3.69. The Morgan fingerprint density at radius 1 is 1.00 bits per heavy atom. The van der Waals surface area contributed by atoms with E-state index in [4.69, 9.17) is 52.1 Å². The van der Waals surface area contributed by atoms with E-state index in [1.807, 2.05) is 0 Å². The van der Waals surface area contributed by atoms with Crippen LogP contribution in [0.1, 0.15) is 0 Å². The summed E-state index contributed by atoms with van der Waals surface area (Å²) in [5, 5.41) is 1.59. The van der Waals surface area contributed by atoms with Gasteiger partial charge in [0.15, 0.2) is 0 Å². The van der Waals surface area contributed by atoms with Crippen molar-refractivity contribution >= 4 is 52.1 Å². The molecule has 0 bridgehead atoms. The van der Waals surface area contributed by atoms with E-state index in [0.717, 1.165) is 0 Å². The molecule has 1 heterocycles. The van der Waals surface area contributed by atoms with Gasteiger partial charge in [0.25, 0.3) is 0 Å². The van der Waals surface area contributed by atoms with Crippen molar-refractivity contribution in [3.8, 4) is 11.3 Å². The lowest BCUT2D eigenvalue weighted by molar-refractivity contribution is 1.33. The minimum absolute atomic E-state index is 0.320. The van der Waals surface area contributed by atoms with Gasteiger partial charge in [0, 0.05) is 11.8 Å². The van der Waals surface area contributed by atoms with E-state index in [1.165, 1.54) is 6.20 Å². The van der Waals surface area contributed by atoms with E-state index in [-0.39, 0.29) is 0 Å². The second kappa shape index (κ2) is 4.91. The number of nitrogens with zero attached hydrogens (tertiary/aromatic N) is 1. The van der Waals surface area contributed by atoms with Crippen molar-refractivity contribution in [2.24, 2.45) is 0 Å². The van der Waals surface area contributed by atoms with Gasteiger partial charge in [-0.2, -0.15) is 0 Å². The summed E-state index contributed by atoms with van der Waals surface area (Å²) in [6.07, 6.45) is 1.47. The molecular weight excluding hydrogens is 302 g/mol. The van der Waals surface area contributed by atoms with Gasteiger partial charge in [0.05, 0.1) is 31.5 Å². The van der Waals surface area contributed by atoms with Gasteiger partial charge in [-0.1, -0.05) is 46.4 Å². The van der Waals surface area contributed by atoms with Crippen molar-refractivity contribution in [2.75, 3.05) is 5.73 Å². The van der Waals surface area contributed by atoms with Crippen LogP contribution in [-0.2, 0) is 0 Å². The first-order valence-corrected chi connectivity index (χ1v) is 6.06. The number of hydrogen-bond donors (Lipinski definition) is 1. The fourth-order valence-corrected chi connectivity index (χ4v) is 2.28. The largest absolute Gasteiger partial charge is 0.397 e. The second-order valence-electron chi connectivity index (χ2n) is 3.31. The van der Waals surface area contributed by atoms with Gasteiger partial charge in [-0.05, 0) is 18.2 Å². The number of aromatic nitrogens is 1. The molecule has 0 aliphatic carbocycles. The quantitative estimate of drug-likeness (QED) is 0.757. The zero-order chi connectivity index (χ0) is 12.6. The van der Waals surface area contributed by atoms with E-state index in [2.05, 4.69) is 4.98 Å². The van der Waals surface area contributed by atoms with Crippen LogP contribution in [0.5, 0.6) is 0 Å². The predicted molar refractivity (Wildman–Crippen MR) is 74.1 cm³/mol. The first-order chi connectivity index (χ1) is 8.00. The van der Waals surface area contributed by atoms with Gasteiger partial charge < -0.3 is 5.73 Å². The Morgan fingerprint density at radius 3 is 2.29 bits per heavy atom. The summed E-state index contributed by atoms with van der Waals surface area (Å²) in [5.41, 5.74) is 7.20. The lowest BCUT2D eigenvalue weighted by atomic mass is 10.1. The van der Waals surface area contributed by atoms with E-state index in [1.54, 1.807) is 18.2 Å². The third-order valence-electron chi connectivity index (χ3n) is 2.16. The molecule has 6 heteroatoms.